The van der Waals surface area contributed by atoms with Crippen LogP contribution in [0.25, 0.3) is 16.8 Å². The molecular formula is C31H26Cl2N2O3S. The predicted octanol–water partition coefficient (Wildman–Crippen LogP) is 8.37. The van der Waals surface area contributed by atoms with Crippen LogP contribution in [0.1, 0.15) is 18.1 Å². The molecule has 0 N–H and O–H groups in total. The van der Waals surface area contributed by atoms with Crippen LogP contribution in [0.15, 0.2) is 94.8 Å². The molecule has 0 aliphatic carbocycles. The second-order valence-electron chi connectivity index (χ2n) is 8.78. The second-order valence-corrected chi connectivity index (χ2v) is 10.6. The molecule has 1 heterocycles. The topological polar surface area (TPSA) is 51.1 Å². The van der Waals surface area contributed by atoms with Crippen LogP contribution in [0.3, 0.4) is 0 Å². The predicted molar refractivity (Wildman–Crippen MR) is 162 cm³/mol. The summed E-state index contributed by atoms with van der Waals surface area (Å²) in [5.41, 5.74) is 2.48. The molecule has 5 nitrogen and oxygen atoms in total. The van der Waals surface area contributed by atoms with E-state index in [-0.39, 0.29) is 5.91 Å². The van der Waals surface area contributed by atoms with Crippen LogP contribution in [-0.4, -0.2) is 35.7 Å². The average molecular weight is 578 g/mol. The molecule has 0 unspecified atom stereocenters. The maximum Gasteiger partial charge on any atom is 0.266 e. The minimum atomic E-state index is -0.141. The molecule has 1 amide bonds. The minimum absolute atomic E-state index is 0.141. The number of thioether (sulfide) groups is 1. The van der Waals surface area contributed by atoms with E-state index < -0.39 is 0 Å². The van der Waals surface area contributed by atoms with Gasteiger partial charge in [0.1, 0.15) is 6.61 Å². The highest BCUT2D eigenvalue weighted by Gasteiger charge is 2.33. The number of carbonyl (C=O) groups is 1. The van der Waals surface area contributed by atoms with Gasteiger partial charge < -0.3 is 9.47 Å². The van der Waals surface area contributed by atoms with Gasteiger partial charge in [-0.3, -0.25) is 9.69 Å². The quantitative estimate of drug-likeness (QED) is 0.148. The van der Waals surface area contributed by atoms with Gasteiger partial charge in [-0.25, -0.2) is 4.99 Å². The number of nitrogens with zero attached hydrogens (tertiary/aromatic N) is 2. The summed E-state index contributed by atoms with van der Waals surface area (Å²) < 4.78 is 11.5. The van der Waals surface area contributed by atoms with Crippen molar-refractivity contribution in [3.05, 3.63) is 111 Å². The molecule has 4 aromatic carbocycles. The van der Waals surface area contributed by atoms with Gasteiger partial charge in [-0.05, 0) is 77.0 Å². The summed E-state index contributed by atoms with van der Waals surface area (Å²) in [6.07, 6.45) is 1.78. The zero-order chi connectivity index (χ0) is 27.2. The number of halogens is 2. The molecule has 0 atom stereocenters. The van der Waals surface area contributed by atoms with Crippen molar-refractivity contribution < 1.29 is 14.3 Å². The van der Waals surface area contributed by atoms with Crippen molar-refractivity contribution in [2.75, 3.05) is 19.8 Å². The zero-order valence-corrected chi connectivity index (χ0v) is 23.6. The number of aliphatic imine (C=N–C) groups is 1. The van der Waals surface area contributed by atoms with Crippen molar-refractivity contribution in [1.29, 1.82) is 0 Å². The van der Waals surface area contributed by atoms with Gasteiger partial charge in [0, 0.05) is 6.61 Å². The molecule has 39 heavy (non-hydrogen) atoms. The molecule has 5 rings (SSSR count). The number of ether oxygens (including phenoxy) is 2. The van der Waals surface area contributed by atoms with Gasteiger partial charge in [-0.1, -0.05) is 77.8 Å². The summed E-state index contributed by atoms with van der Waals surface area (Å²) in [5, 5.41) is 3.66. The molecule has 1 fully saturated rings. The number of rotatable bonds is 9. The first-order valence-electron chi connectivity index (χ1n) is 12.5. The molecule has 4 aromatic rings. The Balaban J connectivity index is 1.35. The van der Waals surface area contributed by atoms with Crippen LogP contribution in [0.4, 0.5) is 5.69 Å². The molecule has 0 saturated carbocycles. The van der Waals surface area contributed by atoms with E-state index in [2.05, 4.69) is 24.3 Å². The Labute approximate surface area is 242 Å². The standard InChI is InChI=1S/C31H26Cl2N2O3S/c1-2-37-15-14-35-30(36)28(39-31(35)34-25-10-4-3-5-11-25)19-22-17-26(32)29(27(33)18-22)38-20-21-12-13-23-8-6-7-9-24(23)16-21/h3-13,16-19H,2,14-15,20H2,1H3/b28-19-,34-31?. The molecule has 1 aliphatic rings. The fraction of sp³-hybridized carbons (Fsp3) is 0.161. The smallest absolute Gasteiger partial charge is 0.266 e. The van der Waals surface area contributed by atoms with Crippen molar-refractivity contribution in [3.8, 4) is 5.75 Å². The number of amidine groups is 1. The minimum Gasteiger partial charge on any atom is -0.486 e. The van der Waals surface area contributed by atoms with E-state index in [1.54, 1.807) is 23.1 Å². The maximum absolute atomic E-state index is 13.3. The van der Waals surface area contributed by atoms with Gasteiger partial charge in [0.15, 0.2) is 10.9 Å². The molecule has 0 radical (unpaired) electrons. The number of benzene rings is 4. The number of fused-ring (bicyclic) bond motifs is 1. The third kappa shape index (κ3) is 6.65. The van der Waals surface area contributed by atoms with Gasteiger partial charge >= 0.3 is 0 Å². The van der Waals surface area contributed by atoms with E-state index in [1.165, 1.54) is 17.1 Å². The zero-order valence-electron chi connectivity index (χ0n) is 21.3. The van der Waals surface area contributed by atoms with E-state index in [0.29, 0.717) is 57.8 Å². The Bertz CT molecular complexity index is 1530. The largest absolute Gasteiger partial charge is 0.486 e. The van der Waals surface area contributed by atoms with E-state index in [0.717, 1.165) is 16.6 Å². The molecule has 0 bridgehead atoms. The highest BCUT2D eigenvalue weighted by molar-refractivity contribution is 8.18. The molecule has 1 saturated heterocycles. The normalized spacial score (nSPS) is 15.6. The third-order valence-electron chi connectivity index (χ3n) is 6.05. The Morgan fingerprint density at radius 2 is 1.64 bits per heavy atom. The Morgan fingerprint density at radius 1 is 0.923 bits per heavy atom. The number of hydrogen-bond donors (Lipinski definition) is 0. The van der Waals surface area contributed by atoms with Crippen molar-refractivity contribution in [1.82, 2.24) is 4.90 Å². The summed E-state index contributed by atoms with van der Waals surface area (Å²) in [7, 11) is 0. The molecule has 1 aliphatic heterocycles. The lowest BCUT2D eigenvalue weighted by molar-refractivity contribution is -0.122. The first-order chi connectivity index (χ1) is 19.0. The van der Waals surface area contributed by atoms with Crippen LogP contribution >= 0.6 is 35.0 Å². The van der Waals surface area contributed by atoms with Crippen LogP contribution < -0.4 is 4.74 Å². The molecule has 0 aromatic heterocycles. The number of hydrogen-bond acceptors (Lipinski definition) is 5. The van der Waals surface area contributed by atoms with Crippen molar-refractivity contribution >= 4 is 68.6 Å². The van der Waals surface area contributed by atoms with Gasteiger partial charge in [0.2, 0.25) is 0 Å². The first-order valence-corrected chi connectivity index (χ1v) is 14.1. The lowest BCUT2D eigenvalue weighted by Crippen LogP contribution is -2.32. The van der Waals surface area contributed by atoms with Crippen LogP contribution in [0, 0.1) is 0 Å². The number of carbonyl (C=O) groups excluding carboxylic acids is 1. The summed E-state index contributed by atoms with van der Waals surface area (Å²) in [5.74, 6) is 0.266. The summed E-state index contributed by atoms with van der Waals surface area (Å²) >= 11 is 14.5. The SMILES string of the molecule is CCOCCN1C(=O)/C(=C/c2cc(Cl)c(OCc3ccc4ccccc4c3)c(Cl)c2)SC1=Nc1ccccc1. The first kappa shape index (κ1) is 27.3. The van der Waals surface area contributed by atoms with Gasteiger partial charge in [-0.15, -0.1) is 0 Å². The van der Waals surface area contributed by atoms with Crippen LogP contribution in [0.2, 0.25) is 10.0 Å². The summed E-state index contributed by atoms with van der Waals surface area (Å²) in [4.78, 5) is 20.2. The third-order valence-corrected chi connectivity index (χ3v) is 7.62. The Kier molecular flexibility index (Phi) is 8.89. The fourth-order valence-electron chi connectivity index (χ4n) is 4.14. The van der Waals surface area contributed by atoms with E-state index >= 15 is 0 Å². The van der Waals surface area contributed by atoms with E-state index in [1.807, 2.05) is 55.5 Å². The second kappa shape index (κ2) is 12.7. The number of para-hydroxylation sites is 1. The Morgan fingerprint density at radius 3 is 2.38 bits per heavy atom. The highest BCUT2D eigenvalue weighted by atomic mass is 35.5. The van der Waals surface area contributed by atoms with Gasteiger partial charge in [0.05, 0.1) is 33.8 Å². The molecular weight excluding hydrogens is 551 g/mol. The summed E-state index contributed by atoms with van der Waals surface area (Å²) in [6.45, 7) is 3.66. The highest BCUT2D eigenvalue weighted by Crippen LogP contribution is 2.38. The van der Waals surface area contributed by atoms with Crippen molar-refractivity contribution in [2.24, 2.45) is 4.99 Å². The molecule has 198 valence electrons. The monoisotopic (exact) mass is 576 g/mol. The van der Waals surface area contributed by atoms with Crippen molar-refractivity contribution in [2.45, 2.75) is 13.5 Å². The van der Waals surface area contributed by atoms with Crippen LogP contribution in [-0.2, 0) is 16.1 Å². The molecule has 8 heteroatoms. The number of amides is 1. The fourth-order valence-corrected chi connectivity index (χ4v) is 5.78. The average Bonchev–Trinajstić information content (AvgIpc) is 3.22. The van der Waals surface area contributed by atoms with E-state index in [9.17, 15) is 4.79 Å². The van der Waals surface area contributed by atoms with Crippen molar-refractivity contribution in [3.63, 3.8) is 0 Å². The van der Waals surface area contributed by atoms with Gasteiger partial charge in [-0.2, -0.15) is 0 Å². The van der Waals surface area contributed by atoms with Gasteiger partial charge in [0.25, 0.3) is 5.91 Å². The van der Waals surface area contributed by atoms with E-state index in [4.69, 9.17) is 37.7 Å². The lowest BCUT2D eigenvalue weighted by atomic mass is 10.1. The van der Waals surface area contributed by atoms with Crippen LogP contribution in [0.5, 0.6) is 5.75 Å². The Hall–Kier alpha value is -3.29. The molecule has 0 spiro atoms. The lowest BCUT2D eigenvalue weighted by Gasteiger charge is -2.15. The maximum atomic E-state index is 13.3. The summed E-state index contributed by atoms with van der Waals surface area (Å²) in [6, 6.07) is 27.4.